The minimum atomic E-state index is -0.121. The Bertz CT molecular complexity index is 512. The maximum absolute atomic E-state index is 12.2. The summed E-state index contributed by atoms with van der Waals surface area (Å²) in [6, 6.07) is -0.121. The summed E-state index contributed by atoms with van der Waals surface area (Å²) in [5, 5.41) is 6.99. The van der Waals surface area contributed by atoms with Gasteiger partial charge in [-0.05, 0) is 33.1 Å². The SMILES string of the molecule is CC(C)=CCOC1CCOCC1NC(=O)CCC1=NNC(=O)CC1. The fraction of sp³-hybridized carbons (Fsp3) is 0.706. The highest BCUT2D eigenvalue weighted by Crippen LogP contribution is 2.13. The highest BCUT2D eigenvalue weighted by atomic mass is 16.5. The van der Waals surface area contributed by atoms with Gasteiger partial charge in [0, 0.05) is 25.2 Å². The van der Waals surface area contributed by atoms with Gasteiger partial charge in [-0.3, -0.25) is 9.59 Å². The van der Waals surface area contributed by atoms with Gasteiger partial charge in [-0.25, -0.2) is 5.43 Å². The smallest absolute Gasteiger partial charge is 0.240 e. The van der Waals surface area contributed by atoms with Gasteiger partial charge >= 0.3 is 0 Å². The van der Waals surface area contributed by atoms with Crippen LogP contribution in [-0.4, -0.2) is 49.5 Å². The summed E-state index contributed by atoms with van der Waals surface area (Å²) >= 11 is 0. The predicted molar refractivity (Wildman–Crippen MR) is 90.6 cm³/mol. The molecule has 2 rings (SSSR count). The molecule has 1 fully saturated rings. The van der Waals surface area contributed by atoms with Gasteiger partial charge in [-0.2, -0.15) is 5.10 Å². The van der Waals surface area contributed by atoms with Gasteiger partial charge in [0.05, 0.1) is 25.4 Å². The molecule has 0 radical (unpaired) electrons. The van der Waals surface area contributed by atoms with Crippen molar-refractivity contribution in [3.05, 3.63) is 11.6 Å². The van der Waals surface area contributed by atoms with Crippen molar-refractivity contribution in [1.82, 2.24) is 10.7 Å². The lowest BCUT2D eigenvalue weighted by Crippen LogP contribution is -2.50. The zero-order valence-electron chi connectivity index (χ0n) is 14.5. The standard InChI is InChI=1S/C17H27N3O4/c1-12(2)7-10-24-15-8-9-23-11-14(15)18-16(21)5-3-13-4-6-17(22)20-19-13/h7,14-15H,3-6,8-11H2,1-2H3,(H,18,21)(H,20,22). The first-order valence-electron chi connectivity index (χ1n) is 8.51. The minimum absolute atomic E-state index is 0.0235. The lowest BCUT2D eigenvalue weighted by molar-refractivity contribution is -0.125. The molecule has 2 aliphatic rings. The number of carbonyl (C=O) groups is 2. The zero-order chi connectivity index (χ0) is 17.4. The number of carbonyl (C=O) groups excluding carboxylic acids is 2. The van der Waals surface area contributed by atoms with E-state index in [0.717, 1.165) is 12.1 Å². The summed E-state index contributed by atoms with van der Waals surface area (Å²) in [6.45, 7) is 5.74. The molecule has 0 aromatic rings. The fourth-order valence-electron chi connectivity index (χ4n) is 2.62. The summed E-state index contributed by atoms with van der Waals surface area (Å²) in [6.07, 6.45) is 4.76. The van der Waals surface area contributed by atoms with E-state index in [1.54, 1.807) is 0 Å². The number of amides is 2. The maximum atomic E-state index is 12.2. The molecule has 0 aliphatic carbocycles. The van der Waals surface area contributed by atoms with E-state index in [0.29, 0.717) is 45.5 Å². The van der Waals surface area contributed by atoms with Crippen molar-refractivity contribution >= 4 is 17.5 Å². The van der Waals surface area contributed by atoms with E-state index >= 15 is 0 Å². The predicted octanol–water partition coefficient (Wildman–Crippen LogP) is 1.29. The van der Waals surface area contributed by atoms with Crippen molar-refractivity contribution in [3.8, 4) is 0 Å². The van der Waals surface area contributed by atoms with Crippen LogP contribution in [0.25, 0.3) is 0 Å². The molecular weight excluding hydrogens is 310 g/mol. The molecule has 2 heterocycles. The third-order valence-corrected chi connectivity index (χ3v) is 4.06. The average molecular weight is 337 g/mol. The lowest BCUT2D eigenvalue weighted by Gasteiger charge is -2.32. The van der Waals surface area contributed by atoms with Gasteiger partial charge in [0.1, 0.15) is 0 Å². The third-order valence-electron chi connectivity index (χ3n) is 4.06. The van der Waals surface area contributed by atoms with Crippen LogP contribution in [0.15, 0.2) is 16.8 Å². The molecule has 2 aliphatic heterocycles. The number of nitrogens with one attached hydrogen (secondary N) is 2. The highest BCUT2D eigenvalue weighted by molar-refractivity contribution is 5.94. The molecule has 7 nitrogen and oxygen atoms in total. The van der Waals surface area contributed by atoms with E-state index in [1.807, 2.05) is 19.9 Å². The average Bonchev–Trinajstić information content (AvgIpc) is 2.55. The van der Waals surface area contributed by atoms with Gasteiger partial charge in [-0.1, -0.05) is 11.6 Å². The Morgan fingerprint density at radius 3 is 3.00 bits per heavy atom. The summed E-state index contributed by atoms with van der Waals surface area (Å²) in [5.74, 6) is -0.111. The summed E-state index contributed by atoms with van der Waals surface area (Å²) in [4.78, 5) is 23.2. The first-order chi connectivity index (χ1) is 11.5. The number of allylic oxidation sites excluding steroid dienone is 1. The van der Waals surface area contributed by atoms with Crippen molar-refractivity contribution in [2.24, 2.45) is 5.10 Å². The molecule has 0 bridgehead atoms. The molecule has 0 aromatic carbocycles. The van der Waals surface area contributed by atoms with Crippen LogP contribution in [0.2, 0.25) is 0 Å². The van der Waals surface area contributed by atoms with E-state index in [1.165, 1.54) is 5.57 Å². The molecular formula is C17H27N3O4. The van der Waals surface area contributed by atoms with E-state index in [9.17, 15) is 9.59 Å². The molecule has 0 aromatic heterocycles. The van der Waals surface area contributed by atoms with Gasteiger partial charge < -0.3 is 14.8 Å². The monoisotopic (exact) mass is 337 g/mol. The Hall–Kier alpha value is -1.73. The Morgan fingerprint density at radius 2 is 2.29 bits per heavy atom. The molecule has 0 spiro atoms. The highest BCUT2D eigenvalue weighted by Gasteiger charge is 2.27. The Labute approximate surface area is 142 Å². The topological polar surface area (TPSA) is 89.0 Å². The van der Waals surface area contributed by atoms with Crippen LogP contribution in [0, 0.1) is 0 Å². The van der Waals surface area contributed by atoms with Crippen molar-refractivity contribution in [3.63, 3.8) is 0 Å². The van der Waals surface area contributed by atoms with Crippen LogP contribution in [0.3, 0.4) is 0 Å². The lowest BCUT2D eigenvalue weighted by atomic mass is 10.0. The third kappa shape index (κ3) is 6.41. The van der Waals surface area contributed by atoms with Crippen LogP contribution >= 0.6 is 0 Å². The second kappa shape index (κ2) is 9.54. The molecule has 7 heteroatoms. The van der Waals surface area contributed by atoms with E-state index < -0.39 is 0 Å². The van der Waals surface area contributed by atoms with Crippen molar-refractivity contribution in [2.45, 2.75) is 58.1 Å². The number of rotatable bonds is 7. The van der Waals surface area contributed by atoms with Crippen molar-refractivity contribution in [1.29, 1.82) is 0 Å². The van der Waals surface area contributed by atoms with Crippen LogP contribution in [0.4, 0.5) is 0 Å². The Morgan fingerprint density at radius 1 is 1.46 bits per heavy atom. The van der Waals surface area contributed by atoms with Gasteiger partial charge in [0.15, 0.2) is 0 Å². The summed E-state index contributed by atoms with van der Waals surface area (Å²) in [7, 11) is 0. The Kier molecular flexibility index (Phi) is 7.39. The first kappa shape index (κ1) is 18.6. The molecule has 134 valence electrons. The van der Waals surface area contributed by atoms with Crippen molar-refractivity contribution < 1.29 is 19.1 Å². The van der Waals surface area contributed by atoms with Gasteiger partial charge in [0.2, 0.25) is 11.8 Å². The maximum Gasteiger partial charge on any atom is 0.240 e. The molecule has 2 amide bonds. The number of hydrogen-bond donors (Lipinski definition) is 2. The molecule has 2 unspecified atom stereocenters. The van der Waals surface area contributed by atoms with Crippen LogP contribution in [0.5, 0.6) is 0 Å². The minimum Gasteiger partial charge on any atom is -0.379 e. The second-order valence-corrected chi connectivity index (χ2v) is 6.40. The second-order valence-electron chi connectivity index (χ2n) is 6.40. The number of nitrogens with zero attached hydrogens (tertiary/aromatic N) is 1. The first-order valence-corrected chi connectivity index (χ1v) is 8.51. The van der Waals surface area contributed by atoms with E-state index in [2.05, 4.69) is 15.8 Å². The summed E-state index contributed by atoms with van der Waals surface area (Å²) in [5.41, 5.74) is 4.52. The van der Waals surface area contributed by atoms with Crippen LogP contribution in [0.1, 0.15) is 46.0 Å². The molecule has 2 atom stereocenters. The zero-order valence-corrected chi connectivity index (χ0v) is 14.5. The van der Waals surface area contributed by atoms with E-state index in [4.69, 9.17) is 9.47 Å². The normalized spacial score (nSPS) is 23.9. The molecule has 24 heavy (non-hydrogen) atoms. The summed E-state index contributed by atoms with van der Waals surface area (Å²) < 4.78 is 11.3. The number of hydrogen-bond acceptors (Lipinski definition) is 5. The molecule has 2 N–H and O–H groups in total. The van der Waals surface area contributed by atoms with Crippen LogP contribution < -0.4 is 10.7 Å². The fourth-order valence-corrected chi connectivity index (χ4v) is 2.62. The number of hydrazone groups is 1. The van der Waals surface area contributed by atoms with Gasteiger partial charge in [0.25, 0.3) is 0 Å². The van der Waals surface area contributed by atoms with Crippen LogP contribution in [-0.2, 0) is 19.1 Å². The van der Waals surface area contributed by atoms with E-state index in [-0.39, 0.29) is 24.0 Å². The van der Waals surface area contributed by atoms with Gasteiger partial charge in [-0.15, -0.1) is 0 Å². The number of ether oxygens (including phenoxy) is 2. The quantitative estimate of drug-likeness (QED) is 0.685. The Balaban J connectivity index is 1.75. The molecule has 1 saturated heterocycles. The largest absolute Gasteiger partial charge is 0.379 e. The molecule has 0 saturated carbocycles. The van der Waals surface area contributed by atoms with Crippen molar-refractivity contribution in [2.75, 3.05) is 19.8 Å².